The third kappa shape index (κ3) is 2.80. The molecule has 2 heterocycles. The molecule has 0 spiro atoms. The lowest BCUT2D eigenvalue weighted by Gasteiger charge is -2.42. The number of rotatable bonds is 2. The van der Waals surface area contributed by atoms with E-state index in [4.69, 9.17) is 0 Å². The summed E-state index contributed by atoms with van der Waals surface area (Å²) in [5, 5.41) is 3.54. The predicted molar refractivity (Wildman–Crippen MR) is 74.8 cm³/mol. The van der Waals surface area contributed by atoms with Gasteiger partial charge in [0.1, 0.15) is 0 Å². The van der Waals surface area contributed by atoms with Crippen LogP contribution in [0.2, 0.25) is 0 Å². The largest absolute Gasteiger partial charge is 0.316 e. The molecule has 2 saturated heterocycles. The van der Waals surface area contributed by atoms with E-state index in [9.17, 15) is 0 Å². The van der Waals surface area contributed by atoms with Crippen LogP contribution in [0.4, 0.5) is 0 Å². The zero-order valence-corrected chi connectivity index (χ0v) is 11.9. The first-order valence-electron chi connectivity index (χ1n) is 7.22. The molecule has 0 radical (unpaired) electrons. The van der Waals surface area contributed by atoms with Crippen LogP contribution in [-0.4, -0.2) is 37.1 Å². The summed E-state index contributed by atoms with van der Waals surface area (Å²) in [5.41, 5.74) is 0.560. The molecular weight excluding hydrogens is 232 g/mol. The van der Waals surface area contributed by atoms with Crippen molar-refractivity contribution in [2.24, 2.45) is 11.3 Å². The van der Waals surface area contributed by atoms with Crippen LogP contribution in [0.15, 0.2) is 0 Å². The van der Waals surface area contributed by atoms with Gasteiger partial charge in [-0.05, 0) is 56.5 Å². The third-order valence-corrected chi connectivity index (χ3v) is 5.15. The summed E-state index contributed by atoms with van der Waals surface area (Å²) in [7, 11) is 0. The van der Waals surface area contributed by atoms with E-state index in [0.717, 1.165) is 12.0 Å². The van der Waals surface area contributed by atoms with Gasteiger partial charge in [-0.2, -0.15) is 0 Å². The van der Waals surface area contributed by atoms with Gasteiger partial charge in [0, 0.05) is 19.1 Å². The Morgan fingerprint density at radius 2 is 2.06 bits per heavy atom. The summed E-state index contributed by atoms with van der Waals surface area (Å²) in [6.45, 7) is 7.67. The number of hydrogen-bond acceptors (Lipinski definition) is 2. The Hall–Kier alpha value is 0.210. The highest BCUT2D eigenvalue weighted by Gasteiger charge is 2.39. The van der Waals surface area contributed by atoms with Crippen LogP contribution in [0.3, 0.4) is 0 Å². The van der Waals surface area contributed by atoms with Crippen molar-refractivity contribution in [3.8, 4) is 0 Å². The summed E-state index contributed by atoms with van der Waals surface area (Å²) in [6.07, 6.45) is 8.81. The SMILES string of the molecule is CC1(CN2CCCC3CCCC32)CCNC1.Cl. The van der Waals surface area contributed by atoms with Crippen LogP contribution in [-0.2, 0) is 0 Å². The summed E-state index contributed by atoms with van der Waals surface area (Å²) < 4.78 is 0. The van der Waals surface area contributed by atoms with Gasteiger partial charge < -0.3 is 5.32 Å². The molecular formula is C14H27ClN2. The molecule has 2 aliphatic heterocycles. The van der Waals surface area contributed by atoms with Crippen molar-refractivity contribution in [1.29, 1.82) is 0 Å². The lowest BCUT2D eigenvalue weighted by Crippen LogP contribution is -2.47. The molecule has 3 aliphatic rings. The van der Waals surface area contributed by atoms with E-state index in [1.807, 2.05) is 0 Å². The Balaban J connectivity index is 0.00000108. The molecule has 3 heteroatoms. The van der Waals surface area contributed by atoms with Gasteiger partial charge in [-0.25, -0.2) is 0 Å². The molecule has 0 amide bonds. The van der Waals surface area contributed by atoms with Crippen LogP contribution in [0.1, 0.15) is 45.4 Å². The maximum absolute atomic E-state index is 3.54. The molecule has 100 valence electrons. The van der Waals surface area contributed by atoms with E-state index in [1.54, 1.807) is 0 Å². The number of fused-ring (bicyclic) bond motifs is 1. The van der Waals surface area contributed by atoms with Gasteiger partial charge in [-0.15, -0.1) is 12.4 Å². The normalized spacial score (nSPS) is 42.2. The Morgan fingerprint density at radius 3 is 2.82 bits per heavy atom. The van der Waals surface area contributed by atoms with Gasteiger partial charge in [-0.1, -0.05) is 13.3 Å². The number of nitrogens with zero attached hydrogens (tertiary/aromatic N) is 1. The fraction of sp³-hybridized carbons (Fsp3) is 1.00. The van der Waals surface area contributed by atoms with Crippen molar-refractivity contribution in [3.63, 3.8) is 0 Å². The molecule has 3 atom stereocenters. The van der Waals surface area contributed by atoms with Gasteiger partial charge in [0.25, 0.3) is 0 Å². The first kappa shape index (κ1) is 13.6. The average Bonchev–Trinajstić information content (AvgIpc) is 2.87. The summed E-state index contributed by atoms with van der Waals surface area (Å²) in [5.74, 6) is 1.05. The fourth-order valence-electron chi connectivity index (χ4n) is 4.25. The Kier molecular flexibility index (Phi) is 4.38. The van der Waals surface area contributed by atoms with Crippen molar-refractivity contribution < 1.29 is 0 Å². The predicted octanol–water partition coefficient (Wildman–Crippen LogP) is 2.67. The second kappa shape index (κ2) is 5.46. The lowest BCUT2D eigenvalue weighted by molar-refractivity contribution is 0.0718. The first-order chi connectivity index (χ1) is 7.77. The van der Waals surface area contributed by atoms with Gasteiger partial charge in [0.2, 0.25) is 0 Å². The smallest absolute Gasteiger partial charge is 0.0124 e. The Morgan fingerprint density at radius 1 is 1.24 bits per heavy atom. The highest BCUT2D eigenvalue weighted by molar-refractivity contribution is 5.85. The molecule has 2 nitrogen and oxygen atoms in total. The van der Waals surface area contributed by atoms with Gasteiger partial charge in [-0.3, -0.25) is 4.90 Å². The summed E-state index contributed by atoms with van der Waals surface area (Å²) >= 11 is 0. The molecule has 1 aliphatic carbocycles. The summed E-state index contributed by atoms with van der Waals surface area (Å²) in [6, 6.07) is 0.950. The van der Waals surface area contributed by atoms with Crippen LogP contribution < -0.4 is 5.32 Å². The minimum Gasteiger partial charge on any atom is -0.316 e. The topological polar surface area (TPSA) is 15.3 Å². The van der Waals surface area contributed by atoms with E-state index >= 15 is 0 Å². The summed E-state index contributed by atoms with van der Waals surface area (Å²) in [4.78, 5) is 2.84. The molecule has 3 unspecified atom stereocenters. The molecule has 1 N–H and O–H groups in total. The van der Waals surface area contributed by atoms with Crippen LogP contribution >= 0.6 is 12.4 Å². The molecule has 0 aromatic rings. The third-order valence-electron chi connectivity index (χ3n) is 5.15. The molecule has 17 heavy (non-hydrogen) atoms. The monoisotopic (exact) mass is 258 g/mol. The van der Waals surface area contributed by atoms with E-state index < -0.39 is 0 Å². The van der Waals surface area contributed by atoms with Crippen LogP contribution in [0, 0.1) is 11.3 Å². The average molecular weight is 259 g/mol. The van der Waals surface area contributed by atoms with E-state index in [0.29, 0.717) is 5.41 Å². The van der Waals surface area contributed by atoms with E-state index in [2.05, 4.69) is 17.1 Å². The zero-order chi connectivity index (χ0) is 11.0. The highest BCUT2D eigenvalue weighted by Crippen LogP contribution is 2.38. The van der Waals surface area contributed by atoms with E-state index in [-0.39, 0.29) is 12.4 Å². The second-order valence-corrected chi connectivity index (χ2v) is 6.61. The number of likely N-dealkylation sites (tertiary alicyclic amines) is 1. The zero-order valence-electron chi connectivity index (χ0n) is 11.1. The fourth-order valence-corrected chi connectivity index (χ4v) is 4.25. The first-order valence-corrected chi connectivity index (χ1v) is 7.22. The number of halogens is 1. The van der Waals surface area contributed by atoms with Crippen molar-refractivity contribution in [3.05, 3.63) is 0 Å². The Bertz CT molecular complexity index is 251. The van der Waals surface area contributed by atoms with Gasteiger partial charge in [0.05, 0.1) is 0 Å². The maximum Gasteiger partial charge on any atom is 0.0124 e. The van der Waals surface area contributed by atoms with Gasteiger partial charge in [0.15, 0.2) is 0 Å². The molecule has 0 aromatic heterocycles. The number of piperidine rings is 1. The van der Waals surface area contributed by atoms with Crippen LogP contribution in [0.5, 0.6) is 0 Å². The van der Waals surface area contributed by atoms with Crippen molar-refractivity contribution in [2.75, 3.05) is 26.2 Å². The highest BCUT2D eigenvalue weighted by atomic mass is 35.5. The quantitative estimate of drug-likeness (QED) is 0.819. The maximum atomic E-state index is 3.54. The molecule has 0 bridgehead atoms. The minimum atomic E-state index is 0. The standard InChI is InChI=1S/C14H26N2.ClH/c1-14(7-8-15-10-14)11-16-9-3-5-12-4-2-6-13(12)16;/h12-13,15H,2-11H2,1H3;1H. The molecule has 1 saturated carbocycles. The number of hydrogen-bond donors (Lipinski definition) is 1. The molecule has 3 rings (SSSR count). The Labute approximate surface area is 112 Å². The van der Waals surface area contributed by atoms with Gasteiger partial charge >= 0.3 is 0 Å². The van der Waals surface area contributed by atoms with Crippen LogP contribution in [0.25, 0.3) is 0 Å². The number of nitrogens with one attached hydrogen (secondary N) is 1. The van der Waals surface area contributed by atoms with Crippen molar-refractivity contribution >= 4 is 12.4 Å². The van der Waals surface area contributed by atoms with Crippen molar-refractivity contribution in [2.45, 2.75) is 51.5 Å². The second-order valence-electron chi connectivity index (χ2n) is 6.61. The molecule has 3 fully saturated rings. The van der Waals surface area contributed by atoms with Crippen molar-refractivity contribution in [1.82, 2.24) is 10.2 Å². The lowest BCUT2D eigenvalue weighted by atomic mass is 9.85. The van der Waals surface area contributed by atoms with E-state index in [1.165, 1.54) is 64.7 Å². The molecule has 0 aromatic carbocycles. The minimum absolute atomic E-state index is 0.